The van der Waals surface area contributed by atoms with Crippen molar-refractivity contribution in [2.45, 2.75) is 0 Å². The van der Waals surface area contributed by atoms with Crippen LogP contribution in [0, 0.1) is 0 Å². The van der Waals surface area contributed by atoms with Crippen LogP contribution in [0.15, 0.2) is 192 Å². The molecule has 1 aliphatic carbocycles. The van der Waals surface area contributed by atoms with Crippen LogP contribution in [0.4, 0.5) is 0 Å². The third-order valence-electron chi connectivity index (χ3n) is 11.6. The molecule has 0 amide bonds. The van der Waals surface area contributed by atoms with Gasteiger partial charge in [-0.25, -0.2) is 4.98 Å². The second-order valence-electron chi connectivity index (χ2n) is 14.6. The standard InChI is InChI=1S/C53H31NO/c1-2-13-33(14-3-1)37-26-27-41(40-17-7-6-16-39(37)40)49-30-36(29-48(54-49)35-25-24-32-12-4-5-15-34(32)28-35)38-19-10-20-43-44-21-11-22-45-52(44)47(51(38)43)31-46-42-18-8-9-23-50(42)55-53(45)46/h1-31H. The minimum absolute atomic E-state index is 0.916. The second kappa shape index (κ2) is 11.6. The number of pyridine rings is 1. The van der Waals surface area contributed by atoms with E-state index in [1.165, 1.54) is 65.9 Å². The molecule has 11 aromatic rings. The van der Waals surface area contributed by atoms with Crippen molar-refractivity contribution < 1.29 is 4.42 Å². The van der Waals surface area contributed by atoms with Crippen LogP contribution in [-0.2, 0) is 0 Å². The summed E-state index contributed by atoms with van der Waals surface area (Å²) < 4.78 is 6.54. The van der Waals surface area contributed by atoms with Gasteiger partial charge in [0.25, 0.3) is 0 Å². The Labute approximate surface area is 317 Å². The van der Waals surface area contributed by atoms with Crippen molar-refractivity contribution in [1.82, 2.24) is 4.98 Å². The van der Waals surface area contributed by atoms with Gasteiger partial charge in [0, 0.05) is 32.7 Å². The number of aromatic nitrogens is 1. The molecule has 0 unspecified atom stereocenters. The van der Waals surface area contributed by atoms with E-state index >= 15 is 0 Å². The van der Waals surface area contributed by atoms with Gasteiger partial charge < -0.3 is 4.42 Å². The van der Waals surface area contributed by atoms with Crippen molar-refractivity contribution in [3.8, 4) is 67.0 Å². The number of nitrogens with zero attached hydrogens (tertiary/aromatic N) is 1. The summed E-state index contributed by atoms with van der Waals surface area (Å²) in [5.41, 5.74) is 15.7. The van der Waals surface area contributed by atoms with E-state index in [9.17, 15) is 0 Å². The zero-order valence-electron chi connectivity index (χ0n) is 29.8. The van der Waals surface area contributed by atoms with E-state index in [-0.39, 0.29) is 0 Å². The highest BCUT2D eigenvalue weighted by Gasteiger charge is 2.28. The first-order valence-electron chi connectivity index (χ1n) is 18.9. The minimum Gasteiger partial charge on any atom is -0.455 e. The molecular formula is C53H31NO. The molecule has 0 atom stereocenters. The number of fused-ring (bicyclic) bond motifs is 9. The van der Waals surface area contributed by atoms with Gasteiger partial charge in [-0.15, -0.1) is 0 Å². The fourth-order valence-corrected chi connectivity index (χ4v) is 9.10. The molecule has 0 aliphatic heterocycles. The molecule has 0 spiro atoms. The summed E-state index contributed by atoms with van der Waals surface area (Å²) >= 11 is 0. The predicted octanol–water partition coefficient (Wildman–Crippen LogP) is 14.8. The number of furan rings is 1. The summed E-state index contributed by atoms with van der Waals surface area (Å²) in [7, 11) is 0. The van der Waals surface area contributed by atoms with Crippen LogP contribution in [0.1, 0.15) is 0 Å². The molecule has 1 aliphatic rings. The van der Waals surface area contributed by atoms with Crippen LogP contribution in [-0.4, -0.2) is 4.98 Å². The first kappa shape index (κ1) is 30.2. The lowest BCUT2D eigenvalue weighted by molar-refractivity contribution is 0.672. The first-order chi connectivity index (χ1) is 27.3. The number of rotatable bonds is 4. The Morgan fingerprint density at radius 3 is 1.89 bits per heavy atom. The Balaban J connectivity index is 1.13. The zero-order chi connectivity index (χ0) is 36.0. The third-order valence-corrected chi connectivity index (χ3v) is 11.6. The van der Waals surface area contributed by atoms with E-state index in [4.69, 9.17) is 9.40 Å². The normalized spacial score (nSPS) is 12.0. The summed E-state index contributed by atoms with van der Waals surface area (Å²) in [6, 6.07) is 67.9. The average molecular weight is 698 g/mol. The fourth-order valence-electron chi connectivity index (χ4n) is 9.10. The highest BCUT2D eigenvalue weighted by Crippen LogP contribution is 2.54. The lowest BCUT2D eigenvalue weighted by Gasteiger charge is -2.16. The van der Waals surface area contributed by atoms with Crippen molar-refractivity contribution in [3.63, 3.8) is 0 Å². The second-order valence-corrected chi connectivity index (χ2v) is 14.6. The molecule has 0 fully saturated rings. The van der Waals surface area contributed by atoms with Gasteiger partial charge >= 0.3 is 0 Å². The quantitative estimate of drug-likeness (QED) is 0.183. The van der Waals surface area contributed by atoms with Crippen LogP contribution in [0.2, 0.25) is 0 Å². The monoisotopic (exact) mass is 697 g/mol. The maximum Gasteiger partial charge on any atom is 0.143 e. The van der Waals surface area contributed by atoms with Gasteiger partial charge in [-0.3, -0.25) is 0 Å². The van der Waals surface area contributed by atoms with E-state index in [2.05, 4.69) is 182 Å². The molecule has 0 radical (unpaired) electrons. The van der Waals surface area contributed by atoms with Crippen LogP contribution < -0.4 is 0 Å². The van der Waals surface area contributed by atoms with Gasteiger partial charge in [-0.05, 0) is 96.4 Å². The Hall–Kier alpha value is -7.29. The zero-order valence-corrected chi connectivity index (χ0v) is 29.8. The molecule has 0 N–H and O–H groups in total. The van der Waals surface area contributed by atoms with Crippen molar-refractivity contribution in [1.29, 1.82) is 0 Å². The largest absolute Gasteiger partial charge is 0.455 e. The van der Waals surface area contributed by atoms with Gasteiger partial charge in [0.1, 0.15) is 11.2 Å². The summed E-state index contributed by atoms with van der Waals surface area (Å²) in [6.07, 6.45) is 0. The molecule has 0 saturated carbocycles. The molecule has 0 bridgehead atoms. The van der Waals surface area contributed by atoms with Gasteiger partial charge in [0.2, 0.25) is 0 Å². The van der Waals surface area contributed by atoms with Crippen LogP contribution in [0.25, 0.3) is 121 Å². The summed E-state index contributed by atoms with van der Waals surface area (Å²) in [4.78, 5) is 5.49. The highest BCUT2D eigenvalue weighted by atomic mass is 16.3. The maximum atomic E-state index is 6.54. The third kappa shape index (κ3) is 4.52. The van der Waals surface area contributed by atoms with Crippen LogP contribution >= 0.6 is 0 Å². The number of hydrogen-bond acceptors (Lipinski definition) is 2. The molecule has 55 heavy (non-hydrogen) atoms. The summed E-state index contributed by atoms with van der Waals surface area (Å²) in [6.45, 7) is 0. The average Bonchev–Trinajstić information content (AvgIpc) is 3.80. The van der Waals surface area contributed by atoms with E-state index in [0.717, 1.165) is 55.4 Å². The van der Waals surface area contributed by atoms with Gasteiger partial charge in [-0.1, -0.05) is 158 Å². The molecule has 2 aromatic heterocycles. The van der Waals surface area contributed by atoms with Gasteiger partial charge in [0.05, 0.1) is 11.4 Å². The first-order valence-corrected chi connectivity index (χ1v) is 18.9. The fraction of sp³-hybridized carbons (Fsp3) is 0. The Bertz CT molecular complexity index is 3370. The Morgan fingerprint density at radius 2 is 1.00 bits per heavy atom. The van der Waals surface area contributed by atoms with Crippen LogP contribution in [0.3, 0.4) is 0 Å². The highest BCUT2D eigenvalue weighted by molar-refractivity contribution is 6.27. The summed E-state index contributed by atoms with van der Waals surface area (Å²) in [5, 5.41) is 9.51. The molecule has 2 heterocycles. The van der Waals surface area contributed by atoms with Crippen LogP contribution in [0.5, 0.6) is 0 Å². The molecule has 2 heteroatoms. The number of benzene rings is 9. The van der Waals surface area contributed by atoms with E-state index in [1.807, 2.05) is 6.07 Å². The summed E-state index contributed by atoms with van der Waals surface area (Å²) in [5.74, 6) is 0. The Kier molecular flexibility index (Phi) is 6.37. The van der Waals surface area contributed by atoms with Gasteiger partial charge in [-0.2, -0.15) is 0 Å². The molecular weight excluding hydrogens is 667 g/mol. The SMILES string of the molecule is c1ccc(-c2ccc(-c3cc(-c4cccc5c4-c4cc6c7ccccc7oc6c6cccc-5c46)cc(-c4ccc5ccccc5c4)n3)c3ccccc23)cc1. The predicted molar refractivity (Wildman–Crippen MR) is 230 cm³/mol. The molecule has 0 saturated heterocycles. The molecule has 254 valence electrons. The van der Waals surface area contributed by atoms with Crippen molar-refractivity contribution in [2.24, 2.45) is 0 Å². The topological polar surface area (TPSA) is 26.0 Å². The van der Waals surface area contributed by atoms with Gasteiger partial charge in [0.15, 0.2) is 0 Å². The lowest BCUT2D eigenvalue weighted by Crippen LogP contribution is -1.94. The number of hydrogen-bond donors (Lipinski definition) is 0. The molecule has 2 nitrogen and oxygen atoms in total. The minimum atomic E-state index is 0.916. The van der Waals surface area contributed by atoms with Crippen molar-refractivity contribution >= 4 is 54.3 Å². The maximum absolute atomic E-state index is 6.54. The number of para-hydroxylation sites is 1. The molecule has 12 rings (SSSR count). The van der Waals surface area contributed by atoms with E-state index in [0.29, 0.717) is 0 Å². The smallest absolute Gasteiger partial charge is 0.143 e. The Morgan fingerprint density at radius 1 is 0.327 bits per heavy atom. The van der Waals surface area contributed by atoms with E-state index in [1.54, 1.807) is 0 Å². The molecule has 9 aromatic carbocycles. The lowest BCUT2D eigenvalue weighted by atomic mass is 9.90. The van der Waals surface area contributed by atoms with Crippen molar-refractivity contribution in [2.75, 3.05) is 0 Å². The van der Waals surface area contributed by atoms with Crippen molar-refractivity contribution in [3.05, 3.63) is 188 Å². The van der Waals surface area contributed by atoms with E-state index < -0.39 is 0 Å².